The first kappa shape index (κ1) is 24.9. The third-order valence-electron chi connectivity index (χ3n) is 6.00. The highest BCUT2D eigenvalue weighted by molar-refractivity contribution is 7.89. The van der Waals surface area contributed by atoms with Gasteiger partial charge in [0, 0.05) is 44.2 Å². The number of piperazine rings is 1. The van der Waals surface area contributed by atoms with Crippen molar-refractivity contribution in [2.45, 2.75) is 31.1 Å². The first-order valence-corrected chi connectivity index (χ1v) is 12.3. The van der Waals surface area contributed by atoms with E-state index in [0.717, 1.165) is 5.56 Å². The van der Waals surface area contributed by atoms with Gasteiger partial charge in [-0.2, -0.15) is 4.31 Å². The number of rotatable bonds is 7. The van der Waals surface area contributed by atoms with E-state index in [4.69, 9.17) is 9.47 Å². The van der Waals surface area contributed by atoms with Gasteiger partial charge in [0.15, 0.2) is 0 Å². The fraction of sp³-hybridized carbons (Fsp3) is 0.458. The van der Waals surface area contributed by atoms with Gasteiger partial charge in [0.1, 0.15) is 16.4 Å². The van der Waals surface area contributed by atoms with Crippen molar-refractivity contribution in [3.8, 4) is 11.5 Å². The molecule has 33 heavy (non-hydrogen) atoms. The molecular weight excluding hydrogens is 442 g/mol. The molecule has 0 bridgehead atoms. The summed E-state index contributed by atoms with van der Waals surface area (Å²) in [5.74, 6) is 0.693. The zero-order valence-electron chi connectivity index (χ0n) is 19.9. The lowest BCUT2D eigenvalue weighted by atomic mass is 9.84. The van der Waals surface area contributed by atoms with Gasteiger partial charge in [0.25, 0.3) is 0 Å². The zero-order chi connectivity index (χ0) is 24.2. The maximum atomic E-state index is 13.2. The minimum absolute atomic E-state index is 0.0576. The van der Waals surface area contributed by atoms with Crippen molar-refractivity contribution in [2.75, 3.05) is 46.9 Å². The molecule has 9 heteroatoms. The van der Waals surface area contributed by atoms with Crippen LogP contribution in [-0.4, -0.2) is 70.6 Å². The second kappa shape index (κ2) is 10.0. The van der Waals surface area contributed by atoms with Crippen molar-refractivity contribution in [3.63, 3.8) is 0 Å². The van der Waals surface area contributed by atoms with Gasteiger partial charge in [0.05, 0.1) is 14.2 Å². The summed E-state index contributed by atoms with van der Waals surface area (Å²) in [4.78, 5) is 14.5. The Morgan fingerprint density at radius 3 is 2.33 bits per heavy atom. The molecule has 2 amide bonds. The second-order valence-electron chi connectivity index (χ2n) is 8.82. The Labute approximate surface area is 196 Å². The molecule has 0 saturated carbocycles. The number of nitrogens with one attached hydrogen (secondary N) is 1. The number of methoxy groups -OCH3 is 2. The van der Waals surface area contributed by atoms with Gasteiger partial charge in [-0.15, -0.1) is 0 Å². The maximum absolute atomic E-state index is 13.2. The van der Waals surface area contributed by atoms with Crippen LogP contribution in [0.5, 0.6) is 11.5 Å². The van der Waals surface area contributed by atoms with E-state index in [1.54, 1.807) is 17.0 Å². The van der Waals surface area contributed by atoms with Crippen molar-refractivity contribution < 1.29 is 22.7 Å². The molecule has 0 spiro atoms. The topological polar surface area (TPSA) is 88.2 Å². The van der Waals surface area contributed by atoms with Gasteiger partial charge in [-0.05, 0) is 24.6 Å². The van der Waals surface area contributed by atoms with E-state index in [2.05, 4.69) is 31.3 Å². The normalized spacial score (nSPS) is 15.2. The first-order chi connectivity index (χ1) is 15.6. The van der Waals surface area contributed by atoms with Crippen LogP contribution in [0.3, 0.4) is 0 Å². The summed E-state index contributed by atoms with van der Waals surface area (Å²) in [5, 5.41) is 3.01. The Hall–Kier alpha value is -2.78. The van der Waals surface area contributed by atoms with Gasteiger partial charge in [-0.3, -0.25) is 0 Å². The number of carbonyl (C=O) groups excluding carboxylic acids is 1. The Bertz CT molecular complexity index is 1090. The zero-order valence-corrected chi connectivity index (χ0v) is 20.7. The van der Waals surface area contributed by atoms with Crippen LogP contribution in [0.25, 0.3) is 0 Å². The first-order valence-electron chi connectivity index (χ1n) is 10.9. The molecule has 0 radical (unpaired) electrons. The average Bonchev–Trinajstić information content (AvgIpc) is 2.82. The number of benzene rings is 2. The number of carbonyl (C=O) groups is 1. The van der Waals surface area contributed by atoms with Crippen LogP contribution in [0.1, 0.15) is 25.0 Å². The summed E-state index contributed by atoms with van der Waals surface area (Å²) in [7, 11) is -0.878. The van der Waals surface area contributed by atoms with Crippen LogP contribution < -0.4 is 14.8 Å². The summed E-state index contributed by atoms with van der Waals surface area (Å²) in [5.41, 5.74) is 2.11. The molecule has 8 nitrogen and oxygen atoms in total. The van der Waals surface area contributed by atoms with Crippen LogP contribution in [-0.2, 0) is 15.4 Å². The van der Waals surface area contributed by atoms with Gasteiger partial charge in [-0.25, -0.2) is 13.2 Å². The van der Waals surface area contributed by atoms with E-state index in [1.165, 1.54) is 30.2 Å². The van der Waals surface area contributed by atoms with Crippen molar-refractivity contribution in [1.82, 2.24) is 14.5 Å². The fourth-order valence-corrected chi connectivity index (χ4v) is 5.43. The van der Waals surface area contributed by atoms with Gasteiger partial charge < -0.3 is 19.7 Å². The predicted octanol–water partition coefficient (Wildman–Crippen LogP) is 3.01. The molecule has 1 aliphatic heterocycles. The van der Waals surface area contributed by atoms with Crippen molar-refractivity contribution >= 4 is 16.1 Å². The number of ether oxygens (including phenoxy) is 2. The smallest absolute Gasteiger partial charge is 0.317 e. The van der Waals surface area contributed by atoms with E-state index < -0.39 is 10.0 Å². The number of urea groups is 1. The molecule has 1 aliphatic rings. The monoisotopic (exact) mass is 475 g/mol. The summed E-state index contributed by atoms with van der Waals surface area (Å²) in [6.07, 6.45) is 0. The van der Waals surface area contributed by atoms with E-state index in [0.29, 0.717) is 25.4 Å². The lowest BCUT2D eigenvalue weighted by Crippen LogP contribution is -2.54. The molecule has 1 fully saturated rings. The molecule has 180 valence electrons. The van der Waals surface area contributed by atoms with Crippen LogP contribution in [0.2, 0.25) is 0 Å². The number of hydrogen-bond donors (Lipinski definition) is 1. The van der Waals surface area contributed by atoms with Crippen molar-refractivity contribution in [1.29, 1.82) is 0 Å². The highest BCUT2D eigenvalue weighted by Gasteiger charge is 2.33. The van der Waals surface area contributed by atoms with Crippen molar-refractivity contribution in [3.05, 3.63) is 53.6 Å². The second-order valence-corrected chi connectivity index (χ2v) is 10.7. The fourth-order valence-electron chi connectivity index (χ4n) is 3.83. The van der Waals surface area contributed by atoms with Gasteiger partial charge in [-0.1, -0.05) is 43.7 Å². The molecule has 2 aromatic rings. The summed E-state index contributed by atoms with van der Waals surface area (Å²) >= 11 is 0. The largest absolute Gasteiger partial charge is 0.497 e. The lowest BCUT2D eigenvalue weighted by Gasteiger charge is -2.35. The third-order valence-corrected chi connectivity index (χ3v) is 7.92. The van der Waals surface area contributed by atoms with E-state index in [9.17, 15) is 13.2 Å². The van der Waals surface area contributed by atoms with Gasteiger partial charge >= 0.3 is 6.03 Å². The third kappa shape index (κ3) is 5.59. The lowest BCUT2D eigenvalue weighted by molar-refractivity contribution is 0.170. The molecule has 0 unspecified atom stereocenters. The summed E-state index contributed by atoms with van der Waals surface area (Å²) in [6.45, 7) is 7.74. The molecule has 0 atom stereocenters. The van der Waals surface area contributed by atoms with Crippen LogP contribution in [0, 0.1) is 6.92 Å². The van der Waals surface area contributed by atoms with E-state index in [-0.39, 0.29) is 35.2 Å². The number of amides is 2. The van der Waals surface area contributed by atoms with E-state index >= 15 is 0 Å². The van der Waals surface area contributed by atoms with Crippen LogP contribution >= 0.6 is 0 Å². The Balaban J connectivity index is 1.62. The van der Waals surface area contributed by atoms with Crippen LogP contribution in [0.15, 0.2) is 47.4 Å². The number of aryl methyl sites for hydroxylation is 1. The van der Waals surface area contributed by atoms with Crippen molar-refractivity contribution in [2.24, 2.45) is 0 Å². The quantitative estimate of drug-likeness (QED) is 0.665. The molecule has 1 saturated heterocycles. The molecule has 3 rings (SSSR count). The molecule has 1 heterocycles. The molecule has 0 aliphatic carbocycles. The van der Waals surface area contributed by atoms with Crippen LogP contribution in [0.4, 0.5) is 4.79 Å². The predicted molar refractivity (Wildman–Crippen MR) is 127 cm³/mol. The average molecular weight is 476 g/mol. The van der Waals surface area contributed by atoms with Gasteiger partial charge in [0.2, 0.25) is 10.0 Å². The summed E-state index contributed by atoms with van der Waals surface area (Å²) < 4.78 is 38.3. The highest BCUT2D eigenvalue weighted by atomic mass is 32.2. The Morgan fingerprint density at radius 2 is 1.73 bits per heavy atom. The Kier molecular flexibility index (Phi) is 7.54. The summed E-state index contributed by atoms with van der Waals surface area (Å²) in [6, 6.07) is 12.8. The molecule has 2 aromatic carbocycles. The maximum Gasteiger partial charge on any atom is 0.317 e. The standard InChI is InChI=1S/C24H33N3O5S/c1-18-7-6-8-19(15-18)24(2,3)17-25-23(28)26-11-13-27(14-12-26)33(29,30)22-16-20(31-4)9-10-21(22)32-5/h6-10,15-16H,11-14,17H2,1-5H3,(H,25,28). The molecular formula is C24H33N3O5S. The number of sulfonamides is 1. The SMILES string of the molecule is COc1ccc(OC)c(S(=O)(=O)N2CCN(C(=O)NCC(C)(C)c3cccc(C)c3)CC2)c1. The number of hydrogen-bond acceptors (Lipinski definition) is 5. The minimum Gasteiger partial charge on any atom is -0.497 e. The highest BCUT2D eigenvalue weighted by Crippen LogP contribution is 2.31. The molecule has 0 aromatic heterocycles. The van der Waals surface area contributed by atoms with E-state index in [1.807, 2.05) is 19.1 Å². The Morgan fingerprint density at radius 1 is 1.03 bits per heavy atom. The molecule has 1 N–H and O–H groups in total. The minimum atomic E-state index is -3.79. The number of nitrogens with zero attached hydrogens (tertiary/aromatic N) is 2.